The van der Waals surface area contributed by atoms with Gasteiger partial charge in [-0.1, -0.05) is 24.3 Å². The highest BCUT2D eigenvalue weighted by molar-refractivity contribution is 5.88. The van der Waals surface area contributed by atoms with Crippen LogP contribution < -0.4 is 9.47 Å². The van der Waals surface area contributed by atoms with Gasteiger partial charge in [0, 0.05) is 11.1 Å². The Hall–Kier alpha value is -4.13. The third-order valence-corrected chi connectivity index (χ3v) is 4.89. The van der Waals surface area contributed by atoms with Gasteiger partial charge in [-0.2, -0.15) is 5.10 Å². The molecule has 0 saturated carbocycles. The number of hydrogen-bond acceptors (Lipinski definition) is 4. The quantitative estimate of drug-likeness (QED) is 0.532. The third-order valence-electron chi connectivity index (χ3n) is 4.89. The van der Waals surface area contributed by atoms with Crippen molar-refractivity contribution in [2.24, 2.45) is 0 Å². The molecule has 4 aromatic rings. The number of benzene rings is 3. The number of nitrogens with zero attached hydrogens (tertiary/aromatic N) is 2. The Labute approximate surface area is 170 Å². The molecule has 0 aliphatic carbocycles. The zero-order valence-electron chi connectivity index (χ0n) is 15.6. The zero-order valence-corrected chi connectivity index (χ0v) is 15.6. The number of aromatic carboxylic acids is 1. The van der Waals surface area contributed by atoms with Gasteiger partial charge in [0.25, 0.3) is 0 Å². The van der Waals surface area contributed by atoms with Crippen molar-refractivity contribution >= 4 is 5.97 Å². The molecule has 1 N–H and O–H groups in total. The van der Waals surface area contributed by atoms with E-state index in [0.717, 1.165) is 11.1 Å². The van der Waals surface area contributed by atoms with E-state index in [1.54, 1.807) is 36.4 Å². The van der Waals surface area contributed by atoms with Crippen molar-refractivity contribution in [3.05, 3.63) is 84.2 Å². The summed E-state index contributed by atoms with van der Waals surface area (Å²) in [4.78, 5) is 11.1. The van der Waals surface area contributed by atoms with Crippen LogP contribution in [0.25, 0.3) is 28.2 Å². The normalized spacial score (nSPS) is 12.2. The number of halogens is 1. The second-order valence-corrected chi connectivity index (χ2v) is 6.73. The highest BCUT2D eigenvalue weighted by atomic mass is 19.1. The summed E-state index contributed by atoms with van der Waals surface area (Å²) < 4.78 is 27.0. The minimum Gasteiger partial charge on any atom is -0.478 e. The SMILES string of the molecule is O=C(O)c1ccc(-c2cc(-c3ccc4c(c3)OCO4)n(-c3ccccc3F)n2)cc1. The molecule has 1 aromatic heterocycles. The Balaban J connectivity index is 1.67. The molecule has 0 radical (unpaired) electrons. The maximum Gasteiger partial charge on any atom is 0.335 e. The summed E-state index contributed by atoms with van der Waals surface area (Å²) in [5, 5.41) is 13.7. The minimum atomic E-state index is -1.00. The van der Waals surface area contributed by atoms with Crippen molar-refractivity contribution < 1.29 is 23.8 Å². The van der Waals surface area contributed by atoms with Gasteiger partial charge in [0.15, 0.2) is 11.5 Å². The lowest BCUT2D eigenvalue weighted by Gasteiger charge is -2.09. The van der Waals surface area contributed by atoms with E-state index in [0.29, 0.717) is 28.6 Å². The average Bonchev–Trinajstić information content (AvgIpc) is 3.41. The first-order valence-corrected chi connectivity index (χ1v) is 9.19. The van der Waals surface area contributed by atoms with Gasteiger partial charge in [0.05, 0.1) is 17.0 Å². The van der Waals surface area contributed by atoms with Gasteiger partial charge >= 0.3 is 5.97 Å². The molecule has 0 atom stereocenters. The molecule has 1 aliphatic rings. The van der Waals surface area contributed by atoms with Gasteiger partial charge in [-0.3, -0.25) is 0 Å². The molecule has 6 nitrogen and oxygen atoms in total. The van der Waals surface area contributed by atoms with Crippen LogP contribution in [0.3, 0.4) is 0 Å². The molecule has 0 amide bonds. The number of ether oxygens (including phenoxy) is 2. The van der Waals surface area contributed by atoms with E-state index in [9.17, 15) is 9.18 Å². The number of aromatic nitrogens is 2. The first-order valence-electron chi connectivity index (χ1n) is 9.19. The minimum absolute atomic E-state index is 0.159. The molecule has 0 fully saturated rings. The van der Waals surface area contributed by atoms with Gasteiger partial charge in [0.2, 0.25) is 6.79 Å². The Morgan fingerprint density at radius 1 is 0.933 bits per heavy atom. The molecule has 3 aromatic carbocycles. The number of fused-ring (bicyclic) bond motifs is 1. The summed E-state index contributed by atoms with van der Waals surface area (Å²) >= 11 is 0. The molecule has 30 heavy (non-hydrogen) atoms. The highest BCUT2D eigenvalue weighted by Crippen LogP contribution is 2.37. The molecular formula is C23H15FN2O4. The Morgan fingerprint density at radius 3 is 2.43 bits per heavy atom. The van der Waals surface area contributed by atoms with Crippen LogP contribution in [0.2, 0.25) is 0 Å². The maximum atomic E-state index is 14.6. The van der Waals surface area contributed by atoms with Crippen molar-refractivity contribution in [1.82, 2.24) is 9.78 Å². The van der Waals surface area contributed by atoms with Gasteiger partial charge in [0.1, 0.15) is 11.5 Å². The lowest BCUT2D eigenvalue weighted by Crippen LogP contribution is -2.02. The number of hydrogen-bond donors (Lipinski definition) is 1. The summed E-state index contributed by atoms with van der Waals surface area (Å²) in [5.74, 6) is -0.142. The Morgan fingerprint density at radius 2 is 1.67 bits per heavy atom. The van der Waals surface area contributed by atoms with E-state index in [-0.39, 0.29) is 12.4 Å². The molecular weight excluding hydrogens is 387 g/mol. The van der Waals surface area contributed by atoms with Crippen LogP contribution >= 0.6 is 0 Å². The van der Waals surface area contributed by atoms with Gasteiger partial charge in [-0.25, -0.2) is 13.9 Å². The average molecular weight is 402 g/mol. The van der Waals surface area contributed by atoms with Crippen LogP contribution in [0.5, 0.6) is 11.5 Å². The Bertz CT molecular complexity index is 1260. The van der Waals surface area contributed by atoms with Crippen molar-refractivity contribution in [3.8, 4) is 39.7 Å². The van der Waals surface area contributed by atoms with Gasteiger partial charge in [-0.05, 0) is 48.5 Å². The molecule has 5 rings (SSSR count). The van der Waals surface area contributed by atoms with E-state index in [2.05, 4.69) is 5.10 Å². The predicted molar refractivity (Wildman–Crippen MR) is 107 cm³/mol. The summed E-state index contributed by atoms with van der Waals surface area (Å²) in [6, 6.07) is 20.1. The first-order chi connectivity index (χ1) is 14.6. The topological polar surface area (TPSA) is 73.6 Å². The monoisotopic (exact) mass is 402 g/mol. The van der Waals surface area contributed by atoms with Crippen LogP contribution in [0.1, 0.15) is 10.4 Å². The number of carbonyl (C=O) groups is 1. The summed E-state index contributed by atoms with van der Waals surface area (Å²) in [7, 11) is 0. The second-order valence-electron chi connectivity index (χ2n) is 6.73. The van der Waals surface area contributed by atoms with Crippen LogP contribution in [0, 0.1) is 5.82 Å². The number of carboxylic acid groups (broad SMARTS) is 1. The maximum absolute atomic E-state index is 14.6. The molecule has 0 saturated heterocycles. The van der Waals surface area contributed by atoms with E-state index in [4.69, 9.17) is 14.6 Å². The fourth-order valence-corrected chi connectivity index (χ4v) is 3.37. The molecule has 0 spiro atoms. The third kappa shape index (κ3) is 3.06. The standard InChI is InChI=1S/C23H15FN2O4/c24-17-3-1-2-4-19(17)26-20(16-9-10-21-22(11-16)30-13-29-21)12-18(25-26)14-5-7-15(8-6-14)23(27)28/h1-12H,13H2,(H,27,28). The highest BCUT2D eigenvalue weighted by Gasteiger charge is 2.19. The first kappa shape index (κ1) is 17.9. The van der Waals surface area contributed by atoms with Crippen LogP contribution in [0.4, 0.5) is 4.39 Å². The molecule has 0 unspecified atom stereocenters. The molecule has 2 heterocycles. The summed E-state index contributed by atoms with van der Waals surface area (Å²) in [6.07, 6.45) is 0. The van der Waals surface area contributed by atoms with E-state index >= 15 is 0 Å². The Kier molecular flexibility index (Phi) is 4.21. The lowest BCUT2D eigenvalue weighted by molar-refractivity contribution is 0.0697. The molecule has 148 valence electrons. The number of para-hydroxylation sites is 1. The van der Waals surface area contributed by atoms with Crippen LogP contribution in [-0.2, 0) is 0 Å². The van der Waals surface area contributed by atoms with Crippen molar-refractivity contribution in [3.63, 3.8) is 0 Å². The van der Waals surface area contributed by atoms with E-state index in [1.807, 2.05) is 18.2 Å². The smallest absolute Gasteiger partial charge is 0.335 e. The lowest BCUT2D eigenvalue weighted by atomic mass is 10.1. The van der Waals surface area contributed by atoms with Gasteiger partial charge < -0.3 is 14.6 Å². The summed E-state index contributed by atoms with van der Waals surface area (Å²) in [6.45, 7) is 0.159. The van der Waals surface area contributed by atoms with E-state index in [1.165, 1.54) is 22.9 Å². The predicted octanol–water partition coefficient (Wildman–Crippen LogP) is 4.77. The van der Waals surface area contributed by atoms with Crippen molar-refractivity contribution in [2.75, 3.05) is 6.79 Å². The van der Waals surface area contributed by atoms with Crippen LogP contribution in [0.15, 0.2) is 72.8 Å². The second kappa shape index (κ2) is 7.04. The number of rotatable bonds is 4. The van der Waals surface area contributed by atoms with Crippen LogP contribution in [-0.4, -0.2) is 27.6 Å². The molecule has 7 heteroatoms. The fraction of sp³-hybridized carbons (Fsp3) is 0.0435. The summed E-state index contributed by atoms with van der Waals surface area (Å²) in [5.41, 5.74) is 3.24. The number of carboxylic acids is 1. The van der Waals surface area contributed by atoms with Gasteiger partial charge in [-0.15, -0.1) is 0 Å². The van der Waals surface area contributed by atoms with E-state index < -0.39 is 11.8 Å². The molecule has 0 bridgehead atoms. The van der Waals surface area contributed by atoms with Crippen molar-refractivity contribution in [2.45, 2.75) is 0 Å². The molecule has 1 aliphatic heterocycles. The largest absolute Gasteiger partial charge is 0.478 e. The fourth-order valence-electron chi connectivity index (χ4n) is 3.37. The zero-order chi connectivity index (χ0) is 20.7. The van der Waals surface area contributed by atoms with Crippen molar-refractivity contribution in [1.29, 1.82) is 0 Å².